The lowest BCUT2D eigenvalue weighted by Crippen LogP contribution is -2.24. The molecule has 1 heterocycles. The molecule has 0 saturated heterocycles. The number of pyridine rings is 1. The summed E-state index contributed by atoms with van der Waals surface area (Å²) in [6, 6.07) is 4.45. The second-order valence-electron chi connectivity index (χ2n) is 1.48. The molecule has 0 saturated carbocycles. The first-order valence-corrected chi connectivity index (χ1v) is 2.36. The molecule has 0 atom stereocenters. The Hall–Kier alpha value is -1.45. The second-order valence-corrected chi connectivity index (χ2v) is 1.48. The zero-order valence-electron chi connectivity index (χ0n) is 4.52. The van der Waals surface area contributed by atoms with E-state index >= 15 is 0 Å². The van der Waals surface area contributed by atoms with Gasteiger partial charge in [-0.3, -0.25) is 0 Å². The first-order valence-electron chi connectivity index (χ1n) is 2.36. The summed E-state index contributed by atoms with van der Waals surface area (Å²) < 4.78 is 0.410. The number of hydrogen-bond acceptors (Lipinski definition) is 3. The zero-order chi connectivity index (χ0) is 6.69. The van der Waals surface area contributed by atoms with Crippen LogP contribution in [0, 0.1) is 10.1 Å². The maximum absolute atomic E-state index is 10.5. The molecule has 1 aromatic heterocycles. The summed E-state index contributed by atoms with van der Waals surface area (Å²) in [5, 5.41) is 12.9. The summed E-state index contributed by atoms with van der Waals surface area (Å²) in [4.78, 5) is 9.76. The summed E-state index contributed by atoms with van der Waals surface area (Å²) in [5.74, 6) is -0.113. The third-order valence-corrected chi connectivity index (χ3v) is 0.897. The van der Waals surface area contributed by atoms with Gasteiger partial charge in [0.2, 0.25) is 5.18 Å². The molecular weight excluding hydrogens is 120 g/mol. The Balaban J connectivity index is 3.15. The molecule has 4 heteroatoms. The van der Waals surface area contributed by atoms with Gasteiger partial charge in [-0.05, 0) is 11.0 Å². The van der Waals surface area contributed by atoms with Crippen molar-refractivity contribution in [2.45, 2.75) is 0 Å². The fraction of sp³-hybridized carbons (Fsp3) is 0. The van der Waals surface area contributed by atoms with E-state index in [9.17, 15) is 10.1 Å². The molecule has 0 aromatic carbocycles. The number of nitroso groups, excluding NO2 is 1. The highest BCUT2D eigenvalue weighted by Crippen LogP contribution is 1.99. The van der Waals surface area contributed by atoms with Crippen molar-refractivity contribution in [2.24, 2.45) is 5.18 Å². The lowest BCUT2D eigenvalue weighted by Gasteiger charge is -1.97. The van der Waals surface area contributed by atoms with Crippen molar-refractivity contribution in [2.75, 3.05) is 0 Å². The summed E-state index contributed by atoms with van der Waals surface area (Å²) in [6.07, 6.45) is 1.22. The van der Waals surface area contributed by atoms with Crippen LogP contribution in [-0.4, -0.2) is 0 Å². The van der Waals surface area contributed by atoms with Crippen molar-refractivity contribution in [3.05, 3.63) is 34.5 Å². The molecular formula is C5H4N2O2. The van der Waals surface area contributed by atoms with Crippen LogP contribution in [0.2, 0.25) is 0 Å². The van der Waals surface area contributed by atoms with Crippen LogP contribution in [0.3, 0.4) is 0 Å². The van der Waals surface area contributed by atoms with Gasteiger partial charge in [0.15, 0.2) is 0 Å². The normalized spacial score (nSPS) is 8.89. The van der Waals surface area contributed by atoms with E-state index in [0.717, 1.165) is 0 Å². The van der Waals surface area contributed by atoms with E-state index < -0.39 is 0 Å². The van der Waals surface area contributed by atoms with Crippen LogP contribution in [0.5, 0.6) is 0 Å². The van der Waals surface area contributed by atoms with Crippen molar-refractivity contribution >= 4 is 5.82 Å². The van der Waals surface area contributed by atoms with Gasteiger partial charge >= 0.3 is 5.82 Å². The summed E-state index contributed by atoms with van der Waals surface area (Å²) in [5.41, 5.74) is 0. The fourth-order valence-corrected chi connectivity index (χ4v) is 0.490. The first kappa shape index (κ1) is 5.68. The van der Waals surface area contributed by atoms with Crippen molar-refractivity contribution in [1.82, 2.24) is 0 Å². The maximum atomic E-state index is 10.5. The largest absolute Gasteiger partial charge is 0.710 e. The monoisotopic (exact) mass is 124 g/mol. The highest BCUT2D eigenvalue weighted by molar-refractivity contribution is 5.17. The van der Waals surface area contributed by atoms with Gasteiger partial charge in [0, 0.05) is 6.07 Å². The first-order chi connectivity index (χ1) is 4.34. The van der Waals surface area contributed by atoms with Gasteiger partial charge in [0.1, 0.15) is 0 Å². The maximum Gasteiger partial charge on any atom is 0.377 e. The smallest absolute Gasteiger partial charge is 0.377 e. The average molecular weight is 124 g/mol. The van der Waals surface area contributed by atoms with Gasteiger partial charge in [0.05, 0.1) is 6.20 Å². The van der Waals surface area contributed by atoms with Gasteiger partial charge in [-0.25, -0.2) is 4.73 Å². The Bertz CT molecular complexity index is 224. The topological polar surface area (TPSA) is 56.4 Å². The van der Waals surface area contributed by atoms with Gasteiger partial charge in [-0.1, -0.05) is 6.07 Å². The number of aromatic nitrogens is 1. The molecule has 46 valence electrons. The molecule has 9 heavy (non-hydrogen) atoms. The summed E-state index contributed by atoms with van der Waals surface area (Å²) >= 11 is 0. The molecule has 0 aliphatic heterocycles. The zero-order valence-corrected chi connectivity index (χ0v) is 4.52. The van der Waals surface area contributed by atoms with E-state index in [4.69, 9.17) is 0 Å². The van der Waals surface area contributed by atoms with Crippen LogP contribution in [0.1, 0.15) is 0 Å². The van der Waals surface area contributed by atoms with E-state index in [-0.39, 0.29) is 5.82 Å². The molecule has 0 spiro atoms. The molecule has 0 amide bonds. The number of rotatable bonds is 1. The third kappa shape index (κ3) is 1.02. The molecule has 0 bridgehead atoms. The van der Waals surface area contributed by atoms with E-state index in [0.29, 0.717) is 4.73 Å². The van der Waals surface area contributed by atoms with Gasteiger partial charge in [0.25, 0.3) is 0 Å². The standard InChI is InChI=1S/C5H4N2O2/c8-6-5-3-1-2-4-7(5)9/h1-4H. The van der Waals surface area contributed by atoms with Crippen LogP contribution < -0.4 is 4.73 Å². The average Bonchev–Trinajstić information content (AvgIpc) is 1.89. The van der Waals surface area contributed by atoms with Gasteiger partial charge in [-0.2, -0.15) is 0 Å². The van der Waals surface area contributed by atoms with Gasteiger partial charge < -0.3 is 5.21 Å². The predicted octanol–water partition coefficient (Wildman–Crippen LogP) is 0.718. The lowest BCUT2D eigenvalue weighted by atomic mass is 10.5. The predicted molar refractivity (Wildman–Crippen MR) is 30.9 cm³/mol. The third-order valence-electron chi connectivity index (χ3n) is 0.897. The Morgan fingerprint density at radius 2 is 2.33 bits per heavy atom. The molecule has 0 fully saturated rings. The van der Waals surface area contributed by atoms with Crippen LogP contribution in [0.25, 0.3) is 0 Å². The lowest BCUT2D eigenvalue weighted by molar-refractivity contribution is -0.591. The minimum absolute atomic E-state index is 0.113. The van der Waals surface area contributed by atoms with Crippen molar-refractivity contribution < 1.29 is 4.73 Å². The van der Waals surface area contributed by atoms with E-state index in [1.54, 1.807) is 6.07 Å². The quantitative estimate of drug-likeness (QED) is 0.314. The van der Waals surface area contributed by atoms with Crippen LogP contribution in [0.15, 0.2) is 29.6 Å². The molecule has 1 aromatic rings. The Morgan fingerprint density at radius 1 is 1.56 bits per heavy atom. The van der Waals surface area contributed by atoms with E-state index in [2.05, 4.69) is 5.18 Å². The molecule has 4 nitrogen and oxygen atoms in total. The van der Waals surface area contributed by atoms with E-state index in [1.165, 1.54) is 18.3 Å². The highest BCUT2D eigenvalue weighted by atomic mass is 16.5. The molecule has 0 radical (unpaired) electrons. The molecule has 1 rings (SSSR count). The Morgan fingerprint density at radius 3 is 2.78 bits per heavy atom. The molecule has 0 unspecified atom stereocenters. The van der Waals surface area contributed by atoms with Crippen molar-refractivity contribution in [3.8, 4) is 0 Å². The van der Waals surface area contributed by atoms with Gasteiger partial charge in [-0.15, -0.1) is 0 Å². The minimum Gasteiger partial charge on any atom is -0.710 e. The Labute approximate surface area is 51.3 Å². The van der Waals surface area contributed by atoms with E-state index in [1.807, 2.05) is 0 Å². The number of hydrogen-bond donors (Lipinski definition) is 0. The molecule has 0 aliphatic rings. The van der Waals surface area contributed by atoms with Crippen LogP contribution >= 0.6 is 0 Å². The summed E-state index contributed by atoms with van der Waals surface area (Å²) in [7, 11) is 0. The SMILES string of the molecule is O=Nc1cccc[n+]1[O-]. The highest BCUT2D eigenvalue weighted by Gasteiger charge is 1.99. The van der Waals surface area contributed by atoms with Crippen molar-refractivity contribution in [1.29, 1.82) is 0 Å². The van der Waals surface area contributed by atoms with Crippen LogP contribution in [0.4, 0.5) is 5.82 Å². The minimum atomic E-state index is -0.113. The fourth-order valence-electron chi connectivity index (χ4n) is 0.490. The molecule has 0 aliphatic carbocycles. The van der Waals surface area contributed by atoms with Crippen molar-refractivity contribution in [3.63, 3.8) is 0 Å². The Kier molecular flexibility index (Phi) is 1.40. The number of nitrogens with zero attached hydrogens (tertiary/aromatic N) is 2. The second kappa shape index (κ2) is 2.21. The summed E-state index contributed by atoms with van der Waals surface area (Å²) in [6.45, 7) is 0. The molecule has 0 N–H and O–H groups in total. The van der Waals surface area contributed by atoms with Crippen LogP contribution in [-0.2, 0) is 0 Å².